The van der Waals surface area contributed by atoms with Crippen LogP contribution in [0, 0.1) is 6.92 Å². The Morgan fingerprint density at radius 2 is 2.08 bits per heavy atom. The topological polar surface area (TPSA) is 73.2 Å². The fourth-order valence-electron chi connectivity index (χ4n) is 3.30. The van der Waals surface area contributed by atoms with E-state index in [1.54, 1.807) is 18.3 Å². The molecule has 130 valence electrons. The van der Waals surface area contributed by atoms with Gasteiger partial charge in [0.1, 0.15) is 10.6 Å². The van der Waals surface area contributed by atoms with Crippen LogP contribution in [0.3, 0.4) is 0 Å². The Balaban J connectivity index is 1.89. The Bertz CT molecular complexity index is 787. The monoisotopic (exact) mass is 349 g/mol. The van der Waals surface area contributed by atoms with Gasteiger partial charge in [0, 0.05) is 18.4 Å². The molecule has 0 aliphatic heterocycles. The lowest BCUT2D eigenvalue weighted by atomic mass is 9.91. The summed E-state index contributed by atoms with van der Waals surface area (Å²) in [5.74, 6) is 0.361. The van der Waals surface area contributed by atoms with Crippen LogP contribution < -0.4 is 9.46 Å². The second kappa shape index (κ2) is 6.94. The summed E-state index contributed by atoms with van der Waals surface area (Å²) in [5, 5.41) is 4.30. The normalized spacial score (nSPS) is 21.6. The van der Waals surface area contributed by atoms with Crippen LogP contribution in [0.1, 0.15) is 37.3 Å². The van der Waals surface area contributed by atoms with Gasteiger partial charge in [-0.15, -0.1) is 0 Å². The number of hydrogen-bond acceptors (Lipinski definition) is 4. The number of benzene rings is 1. The van der Waals surface area contributed by atoms with E-state index < -0.39 is 10.0 Å². The Kier molecular flexibility index (Phi) is 4.91. The van der Waals surface area contributed by atoms with Gasteiger partial charge < -0.3 is 4.74 Å². The van der Waals surface area contributed by atoms with E-state index in [1.165, 1.54) is 7.11 Å². The smallest absolute Gasteiger partial charge is 0.244 e. The number of methoxy groups -OCH3 is 1. The first kappa shape index (κ1) is 17.0. The number of nitrogens with zero attached hydrogens (tertiary/aromatic N) is 2. The molecule has 3 rings (SSSR count). The molecule has 1 aliphatic carbocycles. The molecule has 1 aromatic carbocycles. The number of rotatable bonds is 5. The molecule has 1 N–H and O–H groups in total. The summed E-state index contributed by atoms with van der Waals surface area (Å²) in [6.45, 7) is 1.87. The van der Waals surface area contributed by atoms with Crippen LogP contribution in [0.5, 0.6) is 5.75 Å². The van der Waals surface area contributed by atoms with Gasteiger partial charge in [-0.3, -0.25) is 4.68 Å². The summed E-state index contributed by atoms with van der Waals surface area (Å²) >= 11 is 0. The summed E-state index contributed by atoms with van der Waals surface area (Å²) in [6.07, 6.45) is 7.43. The third-order valence-corrected chi connectivity index (χ3v) is 6.02. The number of aromatic nitrogens is 2. The van der Waals surface area contributed by atoms with Gasteiger partial charge in [-0.2, -0.15) is 5.10 Å². The molecule has 2 atom stereocenters. The molecule has 2 aromatic rings. The summed E-state index contributed by atoms with van der Waals surface area (Å²) in [4.78, 5) is 0.190. The molecular weight excluding hydrogens is 326 g/mol. The molecule has 0 bridgehead atoms. The number of nitrogens with one attached hydrogen (secondary N) is 1. The van der Waals surface area contributed by atoms with Gasteiger partial charge in [0.2, 0.25) is 10.0 Å². The van der Waals surface area contributed by atoms with Crippen molar-refractivity contribution in [3.05, 3.63) is 42.2 Å². The van der Waals surface area contributed by atoms with E-state index in [9.17, 15) is 8.42 Å². The van der Waals surface area contributed by atoms with Crippen molar-refractivity contribution in [2.75, 3.05) is 7.11 Å². The van der Waals surface area contributed by atoms with Crippen molar-refractivity contribution in [3.63, 3.8) is 0 Å². The van der Waals surface area contributed by atoms with E-state index in [-0.39, 0.29) is 17.0 Å². The van der Waals surface area contributed by atoms with Crippen LogP contribution in [-0.4, -0.2) is 31.3 Å². The molecule has 24 heavy (non-hydrogen) atoms. The van der Waals surface area contributed by atoms with E-state index in [2.05, 4.69) is 9.82 Å². The maximum Gasteiger partial charge on any atom is 0.244 e. The highest BCUT2D eigenvalue weighted by Gasteiger charge is 2.32. The molecule has 0 unspecified atom stereocenters. The van der Waals surface area contributed by atoms with Crippen molar-refractivity contribution in [2.24, 2.45) is 0 Å². The van der Waals surface area contributed by atoms with Gasteiger partial charge >= 0.3 is 0 Å². The number of sulfonamides is 1. The molecule has 1 aliphatic rings. The lowest BCUT2D eigenvalue weighted by Crippen LogP contribution is -2.43. The van der Waals surface area contributed by atoms with Crippen LogP contribution in [0.4, 0.5) is 0 Å². The number of aryl methyl sites for hydroxylation is 1. The van der Waals surface area contributed by atoms with Gasteiger partial charge in [0.15, 0.2) is 0 Å². The molecule has 0 saturated heterocycles. The third-order valence-electron chi connectivity index (χ3n) is 4.51. The van der Waals surface area contributed by atoms with Gasteiger partial charge in [0.05, 0.1) is 13.2 Å². The Morgan fingerprint density at radius 3 is 2.79 bits per heavy atom. The second-order valence-electron chi connectivity index (χ2n) is 6.22. The minimum atomic E-state index is -3.67. The molecule has 7 heteroatoms. The zero-order chi connectivity index (χ0) is 17.2. The lowest BCUT2D eigenvalue weighted by Gasteiger charge is -2.32. The van der Waals surface area contributed by atoms with Gasteiger partial charge in [-0.05, 0) is 43.5 Å². The molecule has 0 amide bonds. The Labute approximate surface area is 142 Å². The molecule has 6 nitrogen and oxygen atoms in total. The summed E-state index contributed by atoms with van der Waals surface area (Å²) in [6, 6.07) is 6.91. The van der Waals surface area contributed by atoms with Crippen LogP contribution in [0.2, 0.25) is 0 Å². The molecule has 0 spiro atoms. The summed E-state index contributed by atoms with van der Waals surface area (Å²) < 4.78 is 35.8. The predicted octanol–water partition coefficient (Wildman–Crippen LogP) is 2.66. The fourth-order valence-corrected chi connectivity index (χ4v) is 4.86. The van der Waals surface area contributed by atoms with Gasteiger partial charge in [-0.1, -0.05) is 18.9 Å². The maximum absolute atomic E-state index is 12.9. The standard InChI is InChI=1S/C17H23N3O3S/c1-13-8-9-16(23-2)17(12-13)24(21,22)19-14-6-3-4-7-15(14)20-11-5-10-18-20/h5,8-12,14-15,19H,3-4,6-7H2,1-2H3/t14-,15+/m0/s1. The largest absolute Gasteiger partial charge is 0.495 e. The van der Waals surface area contributed by atoms with E-state index in [4.69, 9.17) is 4.74 Å². The van der Waals surface area contributed by atoms with E-state index >= 15 is 0 Å². The highest BCUT2D eigenvalue weighted by molar-refractivity contribution is 7.89. The molecule has 1 aromatic heterocycles. The third kappa shape index (κ3) is 3.47. The lowest BCUT2D eigenvalue weighted by molar-refractivity contribution is 0.270. The van der Waals surface area contributed by atoms with Crippen LogP contribution in [0.15, 0.2) is 41.6 Å². The zero-order valence-corrected chi connectivity index (χ0v) is 14.8. The fraction of sp³-hybridized carbons (Fsp3) is 0.471. The molecule has 1 heterocycles. The van der Waals surface area contributed by atoms with Crippen molar-refractivity contribution < 1.29 is 13.2 Å². The van der Waals surface area contributed by atoms with E-state index in [0.717, 1.165) is 31.2 Å². The number of ether oxygens (including phenoxy) is 1. The van der Waals surface area contributed by atoms with E-state index in [0.29, 0.717) is 5.75 Å². The van der Waals surface area contributed by atoms with Crippen molar-refractivity contribution in [1.82, 2.24) is 14.5 Å². The van der Waals surface area contributed by atoms with Gasteiger partial charge in [0.25, 0.3) is 0 Å². The molecule has 0 radical (unpaired) electrons. The average Bonchev–Trinajstić information content (AvgIpc) is 3.09. The Hall–Kier alpha value is -1.86. The first-order valence-corrected chi connectivity index (χ1v) is 9.65. The van der Waals surface area contributed by atoms with Crippen LogP contribution >= 0.6 is 0 Å². The quantitative estimate of drug-likeness (QED) is 0.901. The van der Waals surface area contributed by atoms with E-state index in [1.807, 2.05) is 29.9 Å². The predicted molar refractivity (Wildman–Crippen MR) is 91.6 cm³/mol. The molecule has 1 saturated carbocycles. The number of hydrogen-bond donors (Lipinski definition) is 1. The minimum absolute atomic E-state index is 0.0410. The van der Waals surface area contributed by atoms with Crippen LogP contribution in [-0.2, 0) is 10.0 Å². The minimum Gasteiger partial charge on any atom is -0.495 e. The van der Waals surface area contributed by atoms with Crippen molar-refractivity contribution >= 4 is 10.0 Å². The first-order chi connectivity index (χ1) is 11.5. The molecular formula is C17H23N3O3S. The second-order valence-corrected chi connectivity index (χ2v) is 7.90. The van der Waals surface area contributed by atoms with Gasteiger partial charge in [-0.25, -0.2) is 13.1 Å². The average molecular weight is 349 g/mol. The van der Waals surface area contributed by atoms with Crippen molar-refractivity contribution in [3.8, 4) is 5.75 Å². The highest BCUT2D eigenvalue weighted by Crippen LogP contribution is 2.31. The summed E-state index contributed by atoms with van der Waals surface area (Å²) in [5.41, 5.74) is 0.878. The first-order valence-electron chi connectivity index (χ1n) is 8.17. The molecule has 1 fully saturated rings. The Morgan fingerprint density at radius 1 is 1.29 bits per heavy atom. The maximum atomic E-state index is 12.9. The van der Waals surface area contributed by atoms with Crippen molar-refractivity contribution in [2.45, 2.75) is 49.6 Å². The zero-order valence-electron chi connectivity index (χ0n) is 14.0. The summed E-state index contributed by atoms with van der Waals surface area (Å²) in [7, 11) is -2.18. The van der Waals surface area contributed by atoms with Crippen LogP contribution in [0.25, 0.3) is 0 Å². The highest BCUT2D eigenvalue weighted by atomic mass is 32.2. The SMILES string of the molecule is COc1ccc(C)cc1S(=O)(=O)N[C@H]1CCCC[C@H]1n1cccn1. The van der Waals surface area contributed by atoms with Crippen molar-refractivity contribution in [1.29, 1.82) is 0 Å².